The quantitative estimate of drug-likeness (QED) is 0.0638. The van der Waals surface area contributed by atoms with Gasteiger partial charge in [-0.2, -0.15) is 0 Å². The van der Waals surface area contributed by atoms with Gasteiger partial charge in [0.25, 0.3) is 0 Å². The minimum absolute atomic E-state index is 0.0326. The number of aromatic hydroxyl groups is 16. The maximum atomic E-state index is 15.4. The lowest BCUT2D eigenvalue weighted by Crippen LogP contribution is -2.49. The zero-order chi connectivity index (χ0) is 71.1. The van der Waals surface area contributed by atoms with Gasteiger partial charge in [0.1, 0.15) is 121 Å². The molecular weight excluding hydrogens is 1310 g/mol. The molecule has 19 heteroatoms. The van der Waals surface area contributed by atoms with Crippen LogP contribution in [-0.2, 0) is 10.3 Å². The Balaban J connectivity index is 1.05. The van der Waals surface area contributed by atoms with Gasteiger partial charge in [-0.05, 0) is 170 Å². The lowest BCUT2D eigenvalue weighted by molar-refractivity contribution is -0.118. The highest BCUT2D eigenvalue weighted by molar-refractivity contribution is 5.80. The van der Waals surface area contributed by atoms with E-state index in [2.05, 4.69) is 0 Å². The van der Waals surface area contributed by atoms with E-state index in [1.165, 1.54) is 127 Å². The van der Waals surface area contributed by atoms with Crippen molar-refractivity contribution in [2.45, 2.75) is 71.3 Å². The molecule has 2 aliphatic carbocycles. The first kappa shape index (κ1) is 62.3. The molecule has 12 atom stereocenters. The fourth-order valence-electron chi connectivity index (χ4n) is 18.4. The van der Waals surface area contributed by atoms with Gasteiger partial charge >= 0.3 is 0 Å². The molecule has 18 rings (SSSR count). The first-order valence-electron chi connectivity index (χ1n) is 33.4. The maximum absolute atomic E-state index is 15.4. The SMILES string of the molecule is Oc1ccc([C@@H]2c3c(O)cc(O)cc3[C@@H]3c4c(c([C@@H]5c6c(O)cc(O)cc6[C@@H]6O[C@@]5(c5ccc(O)cc5)c5cc(O)cc(O)c5[C@H]6c5ccc(O)cc5)c(O)c5c4[C@@H]2[C@H](c2ccc(O)cc2)[C@H]5c2cc(O)cc4c2[C@@H](c2cc(O)cc(O)c2)[C@H](c2ccc(O)cc2)O4)O[C@H]3c2ccc(O)cc2)cc1. The molecule has 6 aliphatic rings. The summed E-state index contributed by atoms with van der Waals surface area (Å²) in [5.41, 5.74) is 3.30. The zero-order valence-corrected chi connectivity index (χ0v) is 53.9. The Morgan fingerprint density at radius 3 is 1.23 bits per heavy atom. The number of phenolic OH excluding ortho intramolecular Hbond substituents is 16. The van der Waals surface area contributed by atoms with Crippen LogP contribution in [0.4, 0.5) is 0 Å². The molecular formula is C84H62O19. The highest BCUT2D eigenvalue weighted by Gasteiger charge is 2.64. The van der Waals surface area contributed by atoms with Gasteiger partial charge in [-0.25, -0.2) is 0 Å². The Labute approximate surface area is 585 Å². The number of benzene rings is 12. The molecule has 19 nitrogen and oxygen atoms in total. The molecule has 0 saturated carbocycles. The van der Waals surface area contributed by atoms with Crippen molar-refractivity contribution in [2.75, 3.05) is 0 Å². The first-order chi connectivity index (χ1) is 49.6. The van der Waals surface area contributed by atoms with E-state index in [1.807, 2.05) is 0 Å². The summed E-state index contributed by atoms with van der Waals surface area (Å²) in [7, 11) is 0. The van der Waals surface area contributed by atoms with Crippen LogP contribution in [0.1, 0.15) is 171 Å². The summed E-state index contributed by atoms with van der Waals surface area (Å²) in [6, 6.07) is 52.5. The number of hydrogen-bond donors (Lipinski definition) is 16. The van der Waals surface area contributed by atoms with Crippen LogP contribution < -0.4 is 9.47 Å². The highest BCUT2D eigenvalue weighted by Crippen LogP contribution is 2.77. The fraction of sp³-hybridized carbons (Fsp3) is 0.143. The predicted octanol–water partition coefficient (Wildman–Crippen LogP) is 15.0. The van der Waals surface area contributed by atoms with E-state index in [0.717, 1.165) is 6.07 Å². The van der Waals surface area contributed by atoms with Gasteiger partial charge in [0, 0.05) is 104 Å². The second kappa shape index (κ2) is 22.5. The molecule has 103 heavy (non-hydrogen) atoms. The Kier molecular flexibility index (Phi) is 13.6. The normalized spacial score (nSPS) is 23.4. The molecule has 0 unspecified atom stereocenters. The number of phenols is 16. The molecule has 0 spiro atoms. The molecule has 0 saturated heterocycles. The van der Waals surface area contributed by atoms with Gasteiger partial charge in [0.15, 0.2) is 0 Å². The van der Waals surface area contributed by atoms with E-state index in [4.69, 9.17) is 14.2 Å². The third-order valence-electron chi connectivity index (χ3n) is 22.1. The largest absolute Gasteiger partial charge is 0.508 e. The van der Waals surface area contributed by atoms with Crippen molar-refractivity contribution in [1.29, 1.82) is 0 Å². The smallest absolute Gasteiger partial charge is 0.135 e. The van der Waals surface area contributed by atoms with Gasteiger partial charge in [0.2, 0.25) is 0 Å². The van der Waals surface area contributed by atoms with Gasteiger partial charge in [0.05, 0.1) is 23.9 Å². The van der Waals surface area contributed by atoms with Crippen LogP contribution >= 0.6 is 0 Å². The summed E-state index contributed by atoms with van der Waals surface area (Å²) < 4.78 is 22.8. The molecule has 12 aromatic carbocycles. The Hall–Kier alpha value is -13.0. The molecule has 16 N–H and O–H groups in total. The van der Waals surface area contributed by atoms with E-state index >= 15 is 5.11 Å². The van der Waals surface area contributed by atoms with Crippen LogP contribution in [-0.4, -0.2) is 81.7 Å². The second-order valence-corrected chi connectivity index (χ2v) is 27.7. The van der Waals surface area contributed by atoms with Crippen molar-refractivity contribution in [3.8, 4) is 103 Å². The first-order valence-corrected chi connectivity index (χ1v) is 33.4. The van der Waals surface area contributed by atoms with Crippen LogP contribution in [0.5, 0.6) is 103 Å². The second-order valence-electron chi connectivity index (χ2n) is 27.7. The van der Waals surface area contributed by atoms with E-state index < -0.39 is 100 Å². The standard InChI is InChI=1S/C84H62O19/c85-43-13-1-36(2-14-43)63-67-55(28-51(93)32-59(67)97)71-76-74-73(63)64(37-3-15-44(86)16-4-37)70(56-29-53(95)35-62-69(56)66(41-25-49(91)27-50(92)26-41)80(101-62)39-7-19-46(88)20-8-39)75(74)79(100)77(83(76)102-81(71)40-9-21-47(89)22-10-40)78-68-57(30-52(94)33-60(68)98)82-65(38-5-17-45(87)18-6-38)72-58(31-54(96)34-61(72)99)84(78,103-82)42-11-23-48(90)24-12-42/h1-35,63-66,70-71,73,78,80-82,85-100H/t63-,64-,65-,66-,70-,71-,73+,78+,80+,81+,82+,84+/m1/s1. The van der Waals surface area contributed by atoms with Crippen molar-refractivity contribution in [3.63, 3.8) is 0 Å². The van der Waals surface area contributed by atoms with Gasteiger partial charge in [-0.1, -0.05) is 72.8 Å². The van der Waals surface area contributed by atoms with Crippen molar-refractivity contribution in [3.05, 3.63) is 318 Å². The van der Waals surface area contributed by atoms with E-state index in [9.17, 15) is 76.6 Å². The molecule has 512 valence electrons. The average molecular weight is 1380 g/mol. The third kappa shape index (κ3) is 9.24. The zero-order valence-electron chi connectivity index (χ0n) is 53.9. The highest BCUT2D eigenvalue weighted by atomic mass is 16.5. The average Bonchev–Trinajstić information content (AvgIpc) is 1.63. The predicted molar refractivity (Wildman–Crippen MR) is 372 cm³/mol. The Morgan fingerprint density at radius 2 is 0.680 bits per heavy atom. The lowest BCUT2D eigenvalue weighted by atomic mass is 9.59. The van der Waals surface area contributed by atoms with Crippen molar-refractivity contribution in [2.24, 2.45) is 0 Å². The lowest BCUT2D eigenvalue weighted by Gasteiger charge is -2.55. The molecule has 12 aromatic rings. The molecule has 4 heterocycles. The summed E-state index contributed by atoms with van der Waals surface area (Å²) in [6.07, 6.45) is -3.59. The number of fused-ring (bicyclic) bond motifs is 9. The van der Waals surface area contributed by atoms with E-state index in [-0.39, 0.29) is 119 Å². The summed E-state index contributed by atoms with van der Waals surface area (Å²) in [6.45, 7) is 0. The van der Waals surface area contributed by atoms with E-state index in [1.54, 1.807) is 78.9 Å². The van der Waals surface area contributed by atoms with Gasteiger partial charge < -0.3 is 95.9 Å². The van der Waals surface area contributed by atoms with E-state index in [0.29, 0.717) is 61.2 Å². The Bertz CT molecular complexity index is 5490. The molecule has 0 radical (unpaired) electrons. The topological polar surface area (TPSA) is 351 Å². The van der Waals surface area contributed by atoms with Crippen molar-refractivity contribution in [1.82, 2.24) is 0 Å². The van der Waals surface area contributed by atoms with Gasteiger partial charge in [-0.15, -0.1) is 0 Å². The molecule has 0 amide bonds. The van der Waals surface area contributed by atoms with Crippen LogP contribution in [0.3, 0.4) is 0 Å². The minimum Gasteiger partial charge on any atom is -0.508 e. The summed E-state index contributed by atoms with van der Waals surface area (Å²) >= 11 is 0. The van der Waals surface area contributed by atoms with Crippen LogP contribution in [0, 0.1) is 0 Å². The minimum atomic E-state index is -2.22. The Morgan fingerprint density at radius 1 is 0.252 bits per heavy atom. The summed E-state index contributed by atoms with van der Waals surface area (Å²) in [5.74, 6) is -14.0. The number of hydrogen-bond acceptors (Lipinski definition) is 19. The monoisotopic (exact) mass is 1370 g/mol. The van der Waals surface area contributed by atoms with Crippen LogP contribution in [0.2, 0.25) is 0 Å². The van der Waals surface area contributed by atoms with Crippen molar-refractivity contribution < 1.29 is 95.9 Å². The third-order valence-corrected chi connectivity index (χ3v) is 22.1. The fourth-order valence-corrected chi connectivity index (χ4v) is 18.4. The molecule has 0 fully saturated rings. The van der Waals surface area contributed by atoms with Gasteiger partial charge in [-0.3, -0.25) is 0 Å². The summed E-state index contributed by atoms with van der Waals surface area (Å²) in [5, 5.41) is 193. The van der Waals surface area contributed by atoms with Crippen LogP contribution in [0.15, 0.2) is 212 Å². The number of ether oxygens (including phenoxy) is 3. The molecule has 2 bridgehead atoms. The van der Waals surface area contributed by atoms with Crippen molar-refractivity contribution >= 4 is 0 Å². The maximum Gasteiger partial charge on any atom is 0.135 e. The molecule has 0 aromatic heterocycles. The molecule has 4 aliphatic heterocycles. The van der Waals surface area contributed by atoms with Crippen LogP contribution in [0.25, 0.3) is 0 Å². The summed E-state index contributed by atoms with van der Waals surface area (Å²) in [4.78, 5) is 0. The number of rotatable bonds is 9.